The van der Waals surface area contributed by atoms with Crippen LogP contribution in [0.25, 0.3) is 0 Å². The van der Waals surface area contributed by atoms with Crippen molar-refractivity contribution >= 4 is 23.1 Å². The van der Waals surface area contributed by atoms with E-state index >= 15 is 0 Å². The molecule has 8 nitrogen and oxygen atoms in total. The summed E-state index contributed by atoms with van der Waals surface area (Å²) in [7, 11) is 3.39. The molecule has 0 radical (unpaired) electrons. The highest BCUT2D eigenvalue weighted by atomic mass is 35.5. The van der Waals surface area contributed by atoms with Gasteiger partial charge in [-0.15, -0.1) is 0 Å². The highest BCUT2D eigenvalue weighted by Gasteiger charge is 2.25. The van der Waals surface area contributed by atoms with Crippen LogP contribution in [0.5, 0.6) is 11.6 Å². The first-order chi connectivity index (χ1) is 10.8. The van der Waals surface area contributed by atoms with E-state index in [1.807, 2.05) is 13.8 Å². The topological polar surface area (TPSA) is 93.4 Å². The summed E-state index contributed by atoms with van der Waals surface area (Å²) < 4.78 is 5.60. The van der Waals surface area contributed by atoms with Crippen LogP contribution in [0.15, 0.2) is 18.5 Å². The van der Waals surface area contributed by atoms with Crippen molar-refractivity contribution in [2.45, 2.75) is 13.8 Å². The Bertz CT molecular complexity index is 728. The molecule has 0 aliphatic carbocycles. The van der Waals surface area contributed by atoms with Crippen LogP contribution in [0, 0.1) is 24.0 Å². The van der Waals surface area contributed by atoms with E-state index in [4.69, 9.17) is 16.3 Å². The van der Waals surface area contributed by atoms with Crippen molar-refractivity contribution in [3.63, 3.8) is 0 Å². The molecule has 23 heavy (non-hydrogen) atoms. The van der Waals surface area contributed by atoms with Crippen molar-refractivity contribution in [1.29, 1.82) is 0 Å². The fourth-order valence-electron chi connectivity index (χ4n) is 1.97. The molecule has 9 heteroatoms. The lowest BCUT2D eigenvalue weighted by molar-refractivity contribution is -0.385. The third-order valence-corrected chi connectivity index (χ3v) is 3.52. The molecule has 0 atom stereocenters. The first kappa shape index (κ1) is 16.9. The molecule has 0 unspecified atom stereocenters. The fourth-order valence-corrected chi connectivity index (χ4v) is 2.08. The van der Waals surface area contributed by atoms with E-state index in [1.54, 1.807) is 26.2 Å². The molecule has 2 aromatic rings. The number of hydrogen-bond acceptors (Lipinski definition) is 7. The maximum absolute atomic E-state index is 11.4. The van der Waals surface area contributed by atoms with E-state index in [9.17, 15) is 10.1 Å². The predicted molar refractivity (Wildman–Crippen MR) is 87.0 cm³/mol. The molecular weight excluding hydrogens is 322 g/mol. The van der Waals surface area contributed by atoms with Gasteiger partial charge in [0.1, 0.15) is 12.1 Å². The van der Waals surface area contributed by atoms with E-state index in [0.717, 1.165) is 11.1 Å². The number of aromatic nitrogens is 2. The van der Waals surface area contributed by atoms with Gasteiger partial charge in [-0.1, -0.05) is 11.6 Å². The molecule has 1 aromatic heterocycles. The Labute approximate surface area is 138 Å². The van der Waals surface area contributed by atoms with Gasteiger partial charge in [-0.3, -0.25) is 15.5 Å². The summed E-state index contributed by atoms with van der Waals surface area (Å²) in [5.74, 6) is 0.324. The Hall–Kier alpha value is -2.45. The minimum absolute atomic E-state index is 0.0485. The van der Waals surface area contributed by atoms with Crippen molar-refractivity contribution in [1.82, 2.24) is 15.0 Å². The van der Waals surface area contributed by atoms with Crippen LogP contribution < -0.4 is 10.2 Å². The Balaban J connectivity index is 2.45. The quantitative estimate of drug-likeness (QED) is 0.660. The standard InChI is InChI=1S/C14H16ClN5O3/c1-8-5-10(6-9(2)11(8)15)23-14-12(20(21)22)13(16-7-17-14)18-19(3)4/h5-7H,1-4H3,(H,16,17,18). The highest BCUT2D eigenvalue weighted by Crippen LogP contribution is 2.35. The lowest BCUT2D eigenvalue weighted by atomic mass is 10.1. The number of benzene rings is 1. The average molecular weight is 338 g/mol. The first-order valence-electron chi connectivity index (χ1n) is 6.67. The van der Waals surface area contributed by atoms with Crippen molar-refractivity contribution in [3.05, 3.63) is 44.7 Å². The lowest BCUT2D eigenvalue weighted by Crippen LogP contribution is -2.21. The zero-order valence-corrected chi connectivity index (χ0v) is 13.9. The van der Waals surface area contributed by atoms with Gasteiger partial charge in [-0.2, -0.15) is 4.98 Å². The molecule has 0 saturated carbocycles. The monoisotopic (exact) mass is 337 g/mol. The summed E-state index contributed by atoms with van der Waals surface area (Å²) in [6.07, 6.45) is 1.20. The number of anilines is 1. The summed E-state index contributed by atoms with van der Waals surface area (Å²) >= 11 is 6.11. The SMILES string of the molecule is Cc1cc(Oc2ncnc(NN(C)C)c2[N+](=O)[O-])cc(C)c1Cl. The molecule has 1 aromatic carbocycles. The number of ether oxygens (including phenoxy) is 1. The molecule has 0 aliphatic heterocycles. The molecule has 0 fully saturated rings. The van der Waals surface area contributed by atoms with E-state index in [2.05, 4.69) is 15.4 Å². The summed E-state index contributed by atoms with van der Waals surface area (Å²) in [5.41, 5.74) is 4.03. The van der Waals surface area contributed by atoms with Gasteiger partial charge in [0.05, 0.1) is 4.92 Å². The number of hydrazine groups is 1. The fraction of sp³-hybridized carbons (Fsp3) is 0.286. The number of aryl methyl sites for hydroxylation is 2. The second kappa shape index (κ2) is 6.76. The van der Waals surface area contributed by atoms with Gasteiger partial charge < -0.3 is 4.74 Å². The zero-order chi connectivity index (χ0) is 17.1. The van der Waals surface area contributed by atoms with Gasteiger partial charge in [0.25, 0.3) is 0 Å². The van der Waals surface area contributed by atoms with Crippen molar-refractivity contribution in [3.8, 4) is 11.6 Å². The number of nitro groups is 1. The number of hydrogen-bond donors (Lipinski definition) is 1. The van der Waals surface area contributed by atoms with Crippen molar-refractivity contribution in [2.24, 2.45) is 0 Å². The molecule has 122 valence electrons. The first-order valence-corrected chi connectivity index (χ1v) is 7.05. The van der Waals surface area contributed by atoms with E-state index < -0.39 is 4.92 Å². The van der Waals surface area contributed by atoms with Gasteiger partial charge in [0.2, 0.25) is 5.82 Å². The van der Waals surface area contributed by atoms with E-state index in [-0.39, 0.29) is 17.4 Å². The lowest BCUT2D eigenvalue weighted by Gasteiger charge is -2.14. The van der Waals surface area contributed by atoms with Gasteiger partial charge in [-0.25, -0.2) is 9.99 Å². The second-order valence-electron chi connectivity index (χ2n) is 5.11. The minimum atomic E-state index is -0.587. The van der Waals surface area contributed by atoms with Gasteiger partial charge in [0, 0.05) is 19.1 Å². The molecule has 0 aliphatic rings. The summed E-state index contributed by atoms with van der Waals surface area (Å²) in [5, 5.41) is 13.5. The molecule has 0 saturated heterocycles. The van der Waals surface area contributed by atoms with Crippen molar-refractivity contribution < 1.29 is 9.66 Å². The molecule has 2 rings (SSSR count). The summed E-state index contributed by atoms with van der Waals surface area (Å²) in [6, 6.07) is 3.39. The van der Waals surface area contributed by atoms with Crippen LogP contribution >= 0.6 is 11.6 Å². The number of nitrogens with zero attached hydrogens (tertiary/aromatic N) is 4. The maximum Gasteiger partial charge on any atom is 0.374 e. The molecule has 0 spiro atoms. The van der Waals surface area contributed by atoms with Crippen LogP contribution in [-0.2, 0) is 0 Å². The van der Waals surface area contributed by atoms with Crippen LogP contribution in [-0.4, -0.2) is 34.0 Å². The summed E-state index contributed by atoms with van der Waals surface area (Å²) in [4.78, 5) is 18.5. The smallest absolute Gasteiger partial charge is 0.374 e. The Morgan fingerprint density at radius 1 is 1.26 bits per heavy atom. The van der Waals surface area contributed by atoms with Crippen molar-refractivity contribution in [2.75, 3.05) is 19.5 Å². The average Bonchev–Trinajstić information content (AvgIpc) is 2.43. The van der Waals surface area contributed by atoms with E-state index in [0.29, 0.717) is 10.8 Å². The predicted octanol–water partition coefficient (Wildman–Crippen LogP) is 3.34. The normalized spacial score (nSPS) is 10.7. The Morgan fingerprint density at radius 2 is 1.87 bits per heavy atom. The largest absolute Gasteiger partial charge is 0.434 e. The van der Waals surface area contributed by atoms with Gasteiger partial charge >= 0.3 is 11.6 Å². The van der Waals surface area contributed by atoms with Gasteiger partial charge in [0.15, 0.2) is 0 Å². The number of halogens is 1. The highest BCUT2D eigenvalue weighted by molar-refractivity contribution is 6.32. The number of nitrogens with one attached hydrogen (secondary N) is 1. The molecular formula is C14H16ClN5O3. The maximum atomic E-state index is 11.4. The second-order valence-corrected chi connectivity index (χ2v) is 5.49. The molecule has 1 N–H and O–H groups in total. The van der Waals surface area contributed by atoms with Crippen LogP contribution in [0.2, 0.25) is 5.02 Å². The third-order valence-electron chi connectivity index (χ3n) is 2.93. The van der Waals surface area contributed by atoms with E-state index in [1.165, 1.54) is 11.3 Å². The molecule has 1 heterocycles. The molecule has 0 bridgehead atoms. The zero-order valence-electron chi connectivity index (χ0n) is 13.1. The summed E-state index contributed by atoms with van der Waals surface area (Å²) in [6.45, 7) is 3.66. The minimum Gasteiger partial charge on any atom is -0.434 e. The Morgan fingerprint density at radius 3 is 2.39 bits per heavy atom. The van der Waals surface area contributed by atoms with Crippen LogP contribution in [0.4, 0.5) is 11.5 Å². The number of rotatable bonds is 5. The van der Waals surface area contributed by atoms with Crippen LogP contribution in [0.3, 0.4) is 0 Å². The molecule has 0 amide bonds. The van der Waals surface area contributed by atoms with Gasteiger partial charge in [-0.05, 0) is 37.1 Å². The third kappa shape index (κ3) is 3.85. The Kier molecular flexibility index (Phi) is 4.97. The van der Waals surface area contributed by atoms with Crippen LogP contribution in [0.1, 0.15) is 11.1 Å².